The Bertz CT molecular complexity index is 1130. The molecule has 2 heterocycles. The van der Waals surface area contributed by atoms with Crippen LogP contribution in [0.5, 0.6) is 5.75 Å². The minimum atomic E-state index is -0.286. The first-order valence-corrected chi connectivity index (χ1v) is 10.9. The fourth-order valence-corrected chi connectivity index (χ4v) is 3.87. The number of aromatic nitrogens is 2. The largest absolute Gasteiger partial charge is 0.494 e. The van der Waals surface area contributed by atoms with Crippen LogP contribution in [0.4, 0.5) is 5.69 Å². The Balaban J connectivity index is 1.41. The normalized spacial score (nSPS) is 13.8. The maximum absolute atomic E-state index is 12.9. The molecule has 0 aliphatic carbocycles. The molecule has 0 atom stereocenters. The molecule has 1 amide bonds. The molecule has 1 fully saturated rings. The van der Waals surface area contributed by atoms with E-state index in [0.29, 0.717) is 25.4 Å². The van der Waals surface area contributed by atoms with Crippen molar-refractivity contribution < 1.29 is 9.53 Å². The van der Waals surface area contributed by atoms with E-state index in [1.54, 1.807) is 6.07 Å². The summed E-state index contributed by atoms with van der Waals surface area (Å²) < 4.78 is 6.72. The van der Waals surface area contributed by atoms with E-state index in [1.807, 2.05) is 36.1 Å². The van der Waals surface area contributed by atoms with Gasteiger partial charge in [-0.1, -0.05) is 12.1 Å². The van der Waals surface area contributed by atoms with Crippen molar-refractivity contribution in [1.29, 1.82) is 0 Å². The van der Waals surface area contributed by atoms with Crippen LogP contribution in [-0.2, 0) is 11.3 Å². The fraction of sp³-hybridized carbons (Fsp3) is 0.320. The summed E-state index contributed by atoms with van der Waals surface area (Å²) in [6, 6.07) is 19.1. The highest BCUT2D eigenvalue weighted by atomic mass is 16.5. The average Bonchev–Trinajstić information content (AvgIpc) is 2.81. The lowest BCUT2D eigenvalue weighted by atomic mass is 10.1. The number of carbonyl (C=O) groups is 1. The Labute approximate surface area is 187 Å². The van der Waals surface area contributed by atoms with Crippen molar-refractivity contribution in [2.75, 3.05) is 37.7 Å². The number of piperazine rings is 1. The number of ether oxygens (including phenoxy) is 1. The molecule has 166 valence electrons. The summed E-state index contributed by atoms with van der Waals surface area (Å²) in [5.41, 5.74) is 3.62. The molecule has 0 unspecified atom stereocenters. The third-order valence-corrected chi connectivity index (χ3v) is 5.61. The lowest BCUT2D eigenvalue weighted by Crippen LogP contribution is -2.50. The summed E-state index contributed by atoms with van der Waals surface area (Å²) in [7, 11) is 0. The van der Waals surface area contributed by atoms with Gasteiger partial charge < -0.3 is 14.5 Å². The molecule has 0 N–H and O–H groups in total. The van der Waals surface area contributed by atoms with Gasteiger partial charge >= 0.3 is 0 Å². The average molecular weight is 433 g/mol. The predicted molar refractivity (Wildman–Crippen MR) is 125 cm³/mol. The second kappa shape index (κ2) is 9.68. The van der Waals surface area contributed by atoms with Crippen LogP contribution < -0.4 is 15.2 Å². The summed E-state index contributed by atoms with van der Waals surface area (Å²) >= 11 is 0. The first-order chi connectivity index (χ1) is 15.5. The third-order valence-electron chi connectivity index (χ3n) is 5.61. The number of rotatable bonds is 6. The third kappa shape index (κ3) is 4.99. The van der Waals surface area contributed by atoms with E-state index in [4.69, 9.17) is 4.74 Å². The van der Waals surface area contributed by atoms with Gasteiger partial charge in [-0.3, -0.25) is 9.59 Å². The number of carbonyl (C=O) groups excluding carboxylic acids is 1. The van der Waals surface area contributed by atoms with Crippen molar-refractivity contribution in [1.82, 2.24) is 14.7 Å². The molecular weight excluding hydrogens is 404 g/mol. The number of nitrogens with zero attached hydrogens (tertiary/aromatic N) is 4. The second-order valence-electron chi connectivity index (χ2n) is 7.88. The van der Waals surface area contributed by atoms with E-state index >= 15 is 0 Å². The van der Waals surface area contributed by atoms with Gasteiger partial charge in [-0.25, -0.2) is 4.68 Å². The van der Waals surface area contributed by atoms with Crippen LogP contribution in [-0.4, -0.2) is 53.4 Å². The number of aryl methyl sites for hydroxylation is 1. The molecule has 3 aromatic rings. The smallest absolute Gasteiger partial charge is 0.267 e. The lowest BCUT2D eigenvalue weighted by Gasteiger charge is -2.36. The summed E-state index contributed by atoms with van der Waals surface area (Å²) in [5.74, 6) is 0.692. The first-order valence-electron chi connectivity index (χ1n) is 10.9. The number of hydrogen-bond acceptors (Lipinski definition) is 5. The molecular formula is C25H28N4O3. The van der Waals surface area contributed by atoms with E-state index in [9.17, 15) is 9.59 Å². The van der Waals surface area contributed by atoms with Crippen molar-refractivity contribution >= 4 is 11.6 Å². The van der Waals surface area contributed by atoms with Gasteiger partial charge in [0.1, 0.15) is 12.3 Å². The second-order valence-corrected chi connectivity index (χ2v) is 7.88. The van der Waals surface area contributed by atoms with Gasteiger partial charge in [-0.15, -0.1) is 0 Å². The van der Waals surface area contributed by atoms with Gasteiger partial charge in [0.05, 0.1) is 12.3 Å². The SMILES string of the molecule is CCOc1ccc(-c2ccc(=O)n(CC(=O)N3CCN(c4cccc(C)c4)CC3)n2)cc1. The highest BCUT2D eigenvalue weighted by Crippen LogP contribution is 2.20. The monoisotopic (exact) mass is 432 g/mol. The van der Waals surface area contributed by atoms with Gasteiger partial charge in [-0.05, 0) is 61.9 Å². The zero-order chi connectivity index (χ0) is 22.5. The Morgan fingerprint density at radius 2 is 1.75 bits per heavy atom. The van der Waals surface area contributed by atoms with Crippen molar-refractivity contribution in [2.45, 2.75) is 20.4 Å². The topological polar surface area (TPSA) is 67.7 Å². The molecule has 1 aromatic heterocycles. The number of anilines is 1. The Morgan fingerprint density at radius 3 is 2.44 bits per heavy atom. The molecule has 0 radical (unpaired) electrons. The molecule has 0 bridgehead atoms. The molecule has 7 nitrogen and oxygen atoms in total. The van der Waals surface area contributed by atoms with Gasteiger partial charge in [0.25, 0.3) is 5.56 Å². The van der Waals surface area contributed by atoms with Gasteiger partial charge in [0.15, 0.2) is 0 Å². The minimum Gasteiger partial charge on any atom is -0.494 e. The predicted octanol–water partition coefficient (Wildman–Crippen LogP) is 2.97. The van der Waals surface area contributed by atoms with Crippen LogP contribution in [0.1, 0.15) is 12.5 Å². The highest BCUT2D eigenvalue weighted by molar-refractivity contribution is 5.76. The maximum atomic E-state index is 12.9. The quantitative estimate of drug-likeness (QED) is 0.599. The van der Waals surface area contributed by atoms with Crippen LogP contribution in [0.3, 0.4) is 0 Å². The van der Waals surface area contributed by atoms with Gasteiger partial charge in [0.2, 0.25) is 5.91 Å². The van der Waals surface area contributed by atoms with E-state index in [2.05, 4.69) is 41.2 Å². The van der Waals surface area contributed by atoms with Crippen LogP contribution in [0.15, 0.2) is 65.5 Å². The van der Waals surface area contributed by atoms with Gasteiger partial charge in [0, 0.05) is 43.5 Å². The molecule has 0 spiro atoms. The Hall–Kier alpha value is -3.61. The standard InChI is InChI=1S/C25H28N4O3/c1-3-32-22-9-7-20(8-10-22)23-11-12-24(30)29(26-23)18-25(31)28-15-13-27(14-16-28)21-6-4-5-19(2)17-21/h4-12,17H,3,13-16,18H2,1-2H3. The van der Waals surface area contributed by atoms with Crippen molar-refractivity contribution in [3.63, 3.8) is 0 Å². The zero-order valence-electron chi connectivity index (χ0n) is 18.5. The van der Waals surface area contributed by atoms with Crippen molar-refractivity contribution in [2.24, 2.45) is 0 Å². The van der Waals surface area contributed by atoms with Crippen LogP contribution >= 0.6 is 0 Å². The van der Waals surface area contributed by atoms with Crippen LogP contribution in [0.2, 0.25) is 0 Å². The number of hydrogen-bond donors (Lipinski definition) is 0. The highest BCUT2D eigenvalue weighted by Gasteiger charge is 2.22. The Kier molecular flexibility index (Phi) is 6.54. The van der Waals surface area contributed by atoms with Crippen molar-refractivity contribution in [3.05, 3.63) is 76.6 Å². The molecule has 4 rings (SSSR count). The van der Waals surface area contributed by atoms with E-state index in [1.165, 1.54) is 22.0 Å². The summed E-state index contributed by atoms with van der Waals surface area (Å²) in [4.78, 5) is 29.3. The Morgan fingerprint density at radius 1 is 1.00 bits per heavy atom. The molecule has 32 heavy (non-hydrogen) atoms. The minimum absolute atomic E-state index is 0.0614. The molecule has 7 heteroatoms. The summed E-state index contributed by atoms with van der Waals surface area (Å²) in [5, 5.41) is 4.43. The van der Waals surface area contributed by atoms with Crippen LogP contribution in [0, 0.1) is 6.92 Å². The molecule has 1 aliphatic rings. The number of amides is 1. The maximum Gasteiger partial charge on any atom is 0.267 e. The lowest BCUT2D eigenvalue weighted by molar-refractivity contribution is -0.132. The van der Waals surface area contributed by atoms with E-state index < -0.39 is 0 Å². The molecule has 2 aromatic carbocycles. The van der Waals surface area contributed by atoms with Crippen molar-refractivity contribution in [3.8, 4) is 17.0 Å². The molecule has 0 saturated carbocycles. The van der Waals surface area contributed by atoms with Gasteiger partial charge in [-0.2, -0.15) is 5.10 Å². The van der Waals surface area contributed by atoms with E-state index in [0.717, 1.165) is 24.4 Å². The summed E-state index contributed by atoms with van der Waals surface area (Å²) in [6.45, 7) is 7.34. The fourth-order valence-electron chi connectivity index (χ4n) is 3.87. The molecule has 1 saturated heterocycles. The number of benzene rings is 2. The molecule has 1 aliphatic heterocycles. The zero-order valence-corrected chi connectivity index (χ0v) is 18.5. The van der Waals surface area contributed by atoms with Crippen LogP contribution in [0.25, 0.3) is 11.3 Å². The first kappa shape index (κ1) is 21.6. The van der Waals surface area contributed by atoms with E-state index in [-0.39, 0.29) is 18.0 Å². The summed E-state index contributed by atoms with van der Waals surface area (Å²) in [6.07, 6.45) is 0.